The molecule has 0 amide bonds. The zero-order valence-corrected chi connectivity index (χ0v) is 45.1. The molecule has 0 N–H and O–H groups in total. The van der Waals surface area contributed by atoms with Gasteiger partial charge in [-0.15, -0.1) is 22.7 Å². The van der Waals surface area contributed by atoms with Gasteiger partial charge in [0.15, 0.2) is 0 Å². The Morgan fingerprint density at radius 2 is 0.487 bits per heavy atom. The van der Waals surface area contributed by atoms with E-state index in [4.69, 9.17) is 0 Å². The van der Waals surface area contributed by atoms with Crippen molar-refractivity contribution < 1.29 is 0 Å². The second-order valence-corrected chi connectivity index (χ2v) is 24.5. The first-order valence-electron chi connectivity index (χ1n) is 26.4. The van der Waals surface area contributed by atoms with Crippen LogP contribution in [0.25, 0.3) is 0 Å². The van der Waals surface area contributed by atoms with Gasteiger partial charge in [-0.25, -0.2) is 0 Å². The quantitative estimate of drug-likeness (QED) is 0.173. The van der Waals surface area contributed by atoms with E-state index >= 15 is 0 Å². The van der Waals surface area contributed by atoms with E-state index in [1.807, 2.05) is 46.2 Å². The van der Waals surface area contributed by atoms with Gasteiger partial charge in [0.2, 0.25) is 0 Å². The molecule has 12 aromatic rings. The zero-order valence-electron chi connectivity index (χ0n) is 41.8. The number of thiophene rings is 2. The highest BCUT2D eigenvalue weighted by Gasteiger charge is 2.62. The van der Waals surface area contributed by atoms with Crippen molar-refractivity contribution in [2.75, 3.05) is 19.6 Å². The SMILES string of the molecule is c1ccc(N2c3ccccc3C3(c4ccccc42)c2cc(N4c5ccccc5Sc5ccccc54)sc2C2(c4ccccc4N(c4ccccc4)c4ccccc42)c2cc(N4c5ccccc5Sc5ccccc54)sc23)cc1. The van der Waals surface area contributed by atoms with E-state index < -0.39 is 10.8 Å². The molecule has 0 fully saturated rings. The van der Waals surface area contributed by atoms with Gasteiger partial charge in [-0.2, -0.15) is 0 Å². The highest BCUT2D eigenvalue weighted by Crippen LogP contribution is 2.73. The van der Waals surface area contributed by atoms with Crippen LogP contribution in [0.1, 0.15) is 43.1 Å². The molecule has 1 aliphatic carbocycles. The van der Waals surface area contributed by atoms with Gasteiger partial charge >= 0.3 is 0 Å². The molecule has 78 heavy (non-hydrogen) atoms. The van der Waals surface area contributed by atoms with Gasteiger partial charge in [-0.05, 0) is 143 Å². The average Bonchev–Trinajstić information content (AvgIpc) is 3.74. The smallest absolute Gasteiger partial charge is 0.101 e. The lowest BCUT2D eigenvalue weighted by Crippen LogP contribution is -2.47. The fourth-order valence-electron chi connectivity index (χ4n) is 13.5. The highest BCUT2D eigenvalue weighted by molar-refractivity contribution is 8.00. The molecular formula is C70H44N4S4. The molecular weight excluding hydrogens is 1030 g/mol. The van der Waals surface area contributed by atoms with E-state index in [0.717, 1.165) is 11.4 Å². The molecule has 0 saturated heterocycles. The van der Waals surface area contributed by atoms with Crippen molar-refractivity contribution in [3.8, 4) is 0 Å². The summed E-state index contributed by atoms with van der Waals surface area (Å²) in [6, 6.07) is 100. The van der Waals surface area contributed by atoms with Gasteiger partial charge < -0.3 is 9.80 Å². The minimum absolute atomic E-state index is 0.792. The maximum absolute atomic E-state index is 2.62. The number of benzene rings is 10. The maximum Gasteiger partial charge on any atom is 0.101 e. The van der Waals surface area contributed by atoms with E-state index in [2.05, 4.69) is 287 Å². The van der Waals surface area contributed by atoms with Gasteiger partial charge in [-0.3, -0.25) is 9.80 Å². The third-order valence-electron chi connectivity index (χ3n) is 16.5. The summed E-state index contributed by atoms with van der Waals surface area (Å²) in [5.74, 6) is 0. The van der Waals surface area contributed by atoms with Crippen LogP contribution >= 0.6 is 46.2 Å². The van der Waals surface area contributed by atoms with Crippen LogP contribution in [0.15, 0.2) is 287 Å². The summed E-state index contributed by atoms with van der Waals surface area (Å²) >= 11 is 7.67. The minimum atomic E-state index is -0.792. The topological polar surface area (TPSA) is 13.0 Å². The number of hydrogen-bond acceptors (Lipinski definition) is 8. The molecule has 2 spiro atoms. The minimum Gasteiger partial charge on any atom is -0.310 e. The van der Waals surface area contributed by atoms with Gasteiger partial charge in [0.25, 0.3) is 0 Å². The van der Waals surface area contributed by atoms with Crippen LogP contribution in [0.5, 0.6) is 0 Å². The molecule has 0 atom stereocenters. The van der Waals surface area contributed by atoms with Crippen molar-refractivity contribution in [1.29, 1.82) is 0 Å². The summed E-state index contributed by atoms with van der Waals surface area (Å²) in [5, 5.41) is 2.37. The number of nitrogens with zero attached hydrogens (tertiary/aromatic N) is 4. The van der Waals surface area contributed by atoms with Crippen LogP contribution < -0.4 is 19.6 Å². The van der Waals surface area contributed by atoms with Crippen molar-refractivity contribution in [3.05, 3.63) is 310 Å². The molecule has 0 radical (unpaired) electrons. The summed E-state index contributed by atoms with van der Waals surface area (Å²) in [7, 11) is 0. The van der Waals surface area contributed by atoms with Crippen LogP contribution in [0.2, 0.25) is 0 Å². The third kappa shape index (κ3) is 5.98. The fraction of sp³-hybridized carbons (Fsp3) is 0.0286. The Balaban J connectivity index is 1.07. The van der Waals surface area contributed by atoms with Crippen molar-refractivity contribution >= 4 is 113 Å². The standard InChI is InChI=1S/C70H44N4S4/c1-3-23-45(24-4-1)71-53-31-11-7-27-47(53)69(48-28-8-12-32-54(48)71)51-43-65(73-57-35-15-19-39-61(57)75-62-40-20-16-36-58(62)73)78-68(51)70(49-29-9-13-33-55(49)72(46-25-5-2-6-26-46)56-34-14-10-30-50(56)70)52-44-66(77-67(52)69)74-59-37-17-21-41-63(59)76-64-42-22-18-38-60(64)74/h1-44H. The molecule has 17 rings (SSSR count). The largest absolute Gasteiger partial charge is 0.310 e. The average molecular weight is 1070 g/mol. The molecule has 6 heterocycles. The van der Waals surface area contributed by atoms with Crippen molar-refractivity contribution in [1.82, 2.24) is 0 Å². The molecule has 4 nitrogen and oxygen atoms in total. The van der Waals surface area contributed by atoms with E-state index in [0.29, 0.717) is 0 Å². The molecule has 8 heteroatoms. The highest BCUT2D eigenvalue weighted by atomic mass is 32.2. The summed E-state index contributed by atoms with van der Waals surface area (Å²) < 4.78 is 0. The summed E-state index contributed by atoms with van der Waals surface area (Å²) in [6.07, 6.45) is 0. The molecule has 0 saturated carbocycles. The predicted molar refractivity (Wildman–Crippen MR) is 326 cm³/mol. The fourth-order valence-corrected chi connectivity index (χ4v) is 18.6. The number of hydrogen-bond donors (Lipinski definition) is 0. The Kier molecular flexibility index (Phi) is 9.72. The number of fused-ring (bicyclic) bond motifs is 18. The van der Waals surface area contributed by atoms with E-state index in [9.17, 15) is 0 Å². The zero-order chi connectivity index (χ0) is 51.1. The number of para-hydroxylation sites is 10. The molecule has 368 valence electrons. The maximum atomic E-state index is 2.62. The van der Waals surface area contributed by atoms with Gasteiger partial charge in [-0.1, -0.05) is 181 Å². The lowest BCUT2D eigenvalue weighted by molar-refractivity contribution is 0.634. The molecule has 10 aromatic carbocycles. The first-order valence-corrected chi connectivity index (χ1v) is 29.7. The van der Waals surface area contributed by atoms with Gasteiger partial charge in [0, 0.05) is 40.7 Å². The van der Waals surface area contributed by atoms with Crippen molar-refractivity contribution in [2.45, 2.75) is 30.4 Å². The molecule has 4 aliphatic heterocycles. The predicted octanol–water partition coefficient (Wildman–Crippen LogP) is 20.3. The van der Waals surface area contributed by atoms with Gasteiger partial charge in [0.1, 0.15) is 10.0 Å². The Hall–Kier alpha value is -8.50. The van der Waals surface area contributed by atoms with E-state index in [1.54, 1.807) is 0 Å². The van der Waals surface area contributed by atoms with Crippen LogP contribution in [-0.2, 0) is 10.8 Å². The lowest BCUT2D eigenvalue weighted by atomic mass is 9.53. The summed E-state index contributed by atoms with van der Waals surface area (Å²) in [5.41, 5.74) is 17.8. The second-order valence-electron chi connectivity index (χ2n) is 20.3. The van der Waals surface area contributed by atoms with Crippen LogP contribution in [0.4, 0.5) is 66.9 Å². The lowest BCUT2D eigenvalue weighted by Gasteiger charge is -2.53. The van der Waals surface area contributed by atoms with Crippen LogP contribution in [0, 0.1) is 0 Å². The molecule has 2 aromatic heterocycles. The van der Waals surface area contributed by atoms with E-state index in [-0.39, 0.29) is 0 Å². The Bertz CT molecular complexity index is 3890. The summed E-state index contributed by atoms with van der Waals surface area (Å²) in [4.78, 5) is 17.8. The van der Waals surface area contributed by atoms with Crippen molar-refractivity contribution in [2.24, 2.45) is 0 Å². The Morgan fingerprint density at radius 3 is 0.795 bits per heavy atom. The number of rotatable bonds is 4. The third-order valence-corrected chi connectivity index (χ3v) is 21.2. The number of anilines is 12. The normalized spacial score (nSPS) is 15.2. The summed E-state index contributed by atoms with van der Waals surface area (Å²) in [6.45, 7) is 0. The Morgan fingerprint density at radius 1 is 0.231 bits per heavy atom. The van der Waals surface area contributed by atoms with Gasteiger partial charge in [0.05, 0.1) is 56.3 Å². The Labute approximate surface area is 469 Å². The van der Waals surface area contributed by atoms with Crippen molar-refractivity contribution in [3.63, 3.8) is 0 Å². The second kappa shape index (κ2) is 17.0. The first-order chi connectivity index (χ1) is 38.7. The molecule has 0 bridgehead atoms. The van der Waals surface area contributed by atoms with Crippen LogP contribution in [-0.4, -0.2) is 0 Å². The first kappa shape index (κ1) is 44.6. The monoisotopic (exact) mass is 1070 g/mol. The van der Waals surface area contributed by atoms with Crippen LogP contribution in [0.3, 0.4) is 0 Å². The molecule has 5 aliphatic rings. The molecule has 0 unspecified atom stereocenters. The van der Waals surface area contributed by atoms with E-state index in [1.165, 1.54) is 118 Å².